The molecule has 7 nitrogen and oxygen atoms in total. The Balaban J connectivity index is 2.99. The van der Waals surface area contributed by atoms with E-state index < -0.39 is 11.9 Å². The van der Waals surface area contributed by atoms with E-state index in [1.54, 1.807) is 55.2 Å². The highest BCUT2D eigenvalue weighted by atomic mass is 16.5. The first-order valence-electron chi connectivity index (χ1n) is 7.72. The fraction of sp³-hybridized carbons (Fsp3) is 0.333. The van der Waals surface area contributed by atoms with Crippen molar-refractivity contribution in [2.45, 2.75) is 13.8 Å². The lowest BCUT2D eigenvalue weighted by Crippen LogP contribution is -2.36. The van der Waals surface area contributed by atoms with E-state index in [1.165, 1.54) is 6.08 Å². The van der Waals surface area contributed by atoms with Crippen molar-refractivity contribution in [3.8, 4) is 12.1 Å². The molecule has 0 unspecified atom stereocenters. The first-order chi connectivity index (χ1) is 12.0. The third-order valence-electron chi connectivity index (χ3n) is 3.06. The molecule has 0 bridgehead atoms. The van der Waals surface area contributed by atoms with Crippen molar-refractivity contribution in [3.05, 3.63) is 35.4 Å². The summed E-state index contributed by atoms with van der Waals surface area (Å²) in [6.07, 6.45) is 1.45. The Labute approximate surface area is 146 Å². The van der Waals surface area contributed by atoms with Gasteiger partial charge in [-0.25, -0.2) is 0 Å². The minimum absolute atomic E-state index is 0.0114. The molecule has 0 spiro atoms. The topological polar surface area (TPSA) is 103 Å². The number of nitrogens with zero attached hydrogens (tertiary/aromatic N) is 3. The second-order valence-electron chi connectivity index (χ2n) is 4.84. The van der Waals surface area contributed by atoms with Gasteiger partial charge in [0, 0.05) is 5.69 Å². The molecule has 0 saturated carbocycles. The number of nitriles is 2. The molecule has 0 aromatic heterocycles. The number of carbonyl (C=O) groups excluding carboxylic acids is 2. The van der Waals surface area contributed by atoms with Gasteiger partial charge in [0.2, 0.25) is 0 Å². The molecule has 0 saturated heterocycles. The molecule has 0 atom stereocenters. The summed E-state index contributed by atoms with van der Waals surface area (Å²) in [5, 5.41) is 17.6. The van der Waals surface area contributed by atoms with Crippen molar-refractivity contribution in [1.29, 1.82) is 10.5 Å². The molecule has 1 aromatic rings. The smallest absolute Gasteiger partial charge is 0.325 e. The molecule has 130 valence electrons. The average molecular weight is 341 g/mol. The number of ether oxygens (including phenoxy) is 2. The lowest BCUT2D eigenvalue weighted by molar-refractivity contribution is -0.142. The number of carbonyl (C=O) groups is 2. The number of benzene rings is 1. The van der Waals surface area contributed by atoms with E-state index in [0.717, 1.165) is 0 Å². The third-order valence-corrected chi connectivity index (χ3v) is 3.06. The number of rotatable bonds is 8. The summed E-state index contributed by atoms with van der Waals surface area (Å²) >= 11 is 0. The maximum absolute atomic E-state index is 11.8. The minimum Gasteiger partial charge on any atom is -0.465 e. The Morgan fingerprint density at radius 3 is 1.88 bits per heavy atom. The molecular formula is C18H19N3O4. The molecule has 0 fully saturated rings. The number of esters is 2. The second kappa shape index (κ2) is 10.5. The van der Waals surface area contributed by atoms with E-state index in [9.17, 15) is 9.59 Å². The van der Waals surface area contributed by atoms with Crippen LogP contribution < -0.4 is 4.90 Å². The number of allylic oxidation sites excluding steroid dienone is 1. The molecule has 1 aromatic carbocycles. The molecule has 25 heavy (non-hydrogen) atoms. The summed E-state index contributed by atoms with van der Waals surface area (Å²) in [5.41, 5.74) is 1.27. The third kappa shape index (κ3) is 6.76. The molecule has 1 rings (SSSR count). The fourth-order valence-corrected chi connectivity index (χ4v) is 2.00. The van der Waals surface area contributed by atoms with Crippen molar-refractivity contribution in [2.24, 2.45) is 0 Å². The normalized spacial score (nSPS) is 9.28. The quantitative estimate of drug-likeness (QED) is 0.526. The predicted octanol–water partition coefficient (Wildman–Crippen LogP) is 2.05. The molecular weight excluding hydrogens is 322 g/mol. The van der Waals surface area contributed by atoms with Crippen LogP contribution in [0, 0.1) is 22.7 Å². The van der Waals surface area contributed by atoms with Crippen LogP contribution in [0.3, 0.4) is 0 Å². The van der Waals surface area contributed by atoms with E-state index in [-0.39, 0.29) is 31.9 Å². The number of anilines is 1. The average Bonchev–Trinajstić information content (AvgIpc) is 2.60. The lowest BCUT2D eigenvalue weighted by Gasteiger charge is -2.22. The first kappa shape index (κ1) is 19.7. The number of hydrogen-bond acceptors (Lipinski definition) is 7. The van der Waals surface area contributed by atoms with Gasteiger partial charge in [-0.15, -0.1) is 0 Å². The monoisotopic (exact) mass is 341 g/mol. The van der Waals surface area contributed by atoms with Crippen LogP contribution in [0.15, 0.2) is 29.8 Å². The van der Waals surface area contributed by atoms with Crippen molar-refractivity contribution >= 4 is 23.7 Å². The van der Waals surface area contributed by atoms with Gasteiger partial charge in [0.1, 0.15) is 30.8 Å². The summed E-state index contributed by atoms with van der Waals surface area (Å²) in [6, 6.07) is 10.3. The predicted molar refractivity (Wildman–Crippen MR) is 91.1 cm³/mol. The minimum atomic E-state index is -0.452. The standard InChI is InChI=1S/C18H19N3O4/c1-3-24-17(22)12-21(13-18(23)25-4-2)16-7-5-14(6-8-16)9-15(10-19)11-20/h5-9H,3-4,12-13H2,1-2H3. The van der Waals surface area contributed by atoms with Gasteiger partial charge in [0.05, 0.1) is 13.2 Å². The summed E-state index contributed by atoms with van der Waals surface area (Å²) < 4.78 is 9.85. The Morgan fingerprint density at radius 1 is 1.00 bits per heavy atom. The van der Waals surface area contributed by atoms with Gasteiger partial charge in [-0.2, -0.15) is 10.5 Å². The van der Waals surface area contributed by atoms with Crippen LogP contribution in [0.5, 0.6) is 0 Å². The van der Waals surface area contributed by atoms with Crippen molar-refractivity contribution in [2.75, 3.05) is 31.2 Å². The van der Waals surface area contributed by atoms with Crippen LogP contribution in [0.4, 0.5) is 5.69 Å². The molecule has 0 radical (unpaired) electrons. The zero-order valence-electron chi connectivity index (χ0n) is 14.2. The highest BCUT2D eigenvalue weighted by molar-refractivity contribution is 5.81. The summed E-state index contributed by atoms with van der Waals surface area (Å²) in [4.78, 5) is 25.1. The lowest BCUT2D eigenvalue weighted by atomic mass is 10.1. The van der Waals surface area contributed by atoms with E-state index in [4.69, 9.17) is 20.0 Å². The van der Waals surface area contributed by atoms with Crippen LogP contribution in [0.1, 0.15) is 19.4 Å². The zero-order valence-corrected chi connectivity index (χ0v) is 14.2. The second-order valence-corrected chi connectivity index (χ2v) is 4.84. The van der Waals surface area contributed by atoms with Crippen molar-refractivity contribution in [3.63, 3.8) is 0 Å². The van der Waals surface area contributed by atoms with E-state index in [1.807, 2.05) is 0 Å². The summed E-state index contributed by atoms with van der Waals surface area (Å²) in [6.45, 7) is 3.72. The summed E-state index contributed by atoms with van der Waals surface area (Å²) in [7, 11) is 0. The fourth-order valence-electron chi connectivity index (χ4n) is 2.00. The zero-order chi connectivity index (χ0) is 18.7. The van der Waals surface area contributed by atoms with Gasteiger partial charge >= 0.3 is 11.9 Å². The van der Waals surface area contributed by atoms with Crippen LogP contribution >= 0.6 is 0 Å². The van der Waals surface area contributed by atoms with Crippen LogP contribution in [0.25, 0.3) is 6.08 Å². The maximum atomic E-state index is 11.8. The van der Waals surface area contributed by atoms with Crippen molar-refractivity contribution < 1.29 is 19.1 Å². The highest BCUT2D eigenvalue weighted by Gasteiger charge is 2.16. The van der Waals surface area contributed by atoms with Gasteiger partial charge in [-0.05, 0) is 37.6 Å². The number of hydrogen-bond donors (Lipinski definition) is 0. The molecule has 0 aliphatic rings. The van der Waals surface area contributed by atoms with Gasteiger partial charge in [0.25, 0.3) is 0 Å². The first-order valence-corrected chi connectivity index (χ1v) is 7.72. The van der Waals surface area contributed by atoms with Gasteiger partial charge in [0.15, 0.2) is 0 Å². The van der Waals surface area contributed by atoms with E-state index >= 15 is 0 Å². The Bertz CT molecular complexity index is 675. The molecule has 0 heterocycles. The maximum Gasteiger partial charge on any atom is 0.325 e. The van der Waals surface area contributed by atoms with Crippen LogP contribution in [-0.2, 0) is 19.1 Å². The van der Waals surface area contributed by atoms with Crippen LogP contribution in [-0.4, -0.2) is 38.2 Å². The molecule has 0 amide bonds. The molecule has 0 N–H and O–H groups in total. The van der Waals surface area contributed by atoms with Crippen molar-refractivity contribution in [1.82, 2.24) is 0 Å². The Morgan fingerprint density at radius 2 is 1.48 bits per heavy atom. The largest absolute Gasteiger partial charge is 0.465 e. The molecule has 7 heteroatoms. The van der Waals surface area contributed by atoms with Crippen LogP contribution in [0.2, 0.25) is 0 Å². The van der Waals surface area contributed by atoms with Gasteiger partial charge < -0.3 is 14.4 Å². The molecule has 0 aliphatic carbocycles. The van der Waals surface area contributed by atoms with E-state index in [0.29, 0.717) is 11.3 Å². The molecule has 0 aliphatic heterocycles. The SMILES string of the molecule is CCOC(=O)CN(CC(=O)OCC)c1ccc(C=C(C#N)C#N)cc1. The van der Waals surface area contributed by atoms with Gasteiger partial charge in [-0.1, -0.05) is 12.1 Å². The summed E-state index contributed by atoms with van der Waals surface area (Å²) in [5.74, 6) is -0.904. The Kier molecular flexibility index (Phi) is 8.25. The Hall–Kier alpha value is -3.32. The van der Waals surface area contributed by atoms with E-state index in [2.05, 4.69) is 0 Å². The van der Waals surface area contributed by atoms with Gasteiger partial charge in [-0.3, -0.25) is 9.59 Å². The highest BCUT2D eigenvalue weighted by Crippen LogP contribution is 2.17.